The Kier molecular flexibility index (Phi) is 4.09. The van der Waals surface area contributed by atoms with E-state index in [-0.39, 0.29) is 30.2 Å². The molecule has 4 rings (SSSR count). The third-order valence-electron chi connectivity index (χ3n) is 5.37. The lowest BCUT2D eigenvalue weighted by atomic mass is 10.0. The first kappa shape index (κ1) is 16.9. The quantitative estimate of drug-likeness (QED) is 0.850. The third-order valence-corrected chi connectivity index (χ3v) is 5.37. The predicted octanol–water partition coefficient (Wildman–Crippen LogP) is 1.18. The Morgan fingerprint density at radius 1 is 1.31 bits per heavy atom. The number of likely N-dealkylation sites (tertiary alicyclic amines) is 1. The highest BCUT2D eigenvalue weighted by molar-refractivity contribution is 5.98. The summed E-state index contributed by atoms with van der Waals surface area (Å²) in [4.78, 5) is 39.0. The number of hydrogen-bond donors (Lipinski definition) is 2. The number of ether oxygens (including phenoxy) is 1. The van der Waals surface area contributed by atoms with Crippen molar-refractivity contribution in [1.29, 1.82) is 0 Å². The average Bonchev–Trinajstić information content (AvgIpc) is 3.44. The van der Waals surface area contributed by atoms with Crippen molar-refractivity contribution in [2.24, 2.45) is 0 Å². The van der Waals surface area contributed by atoms with E-state index in [2.05, 4.69) is 10.6 Å². The highest BCUT2D eigenvalue weighted by Gasteiger charge is 2.44. The van der Waals surface area contributed by atoms with Crippen LogP contribution in [0.5, 0.6) is 5.75 Å². The van der Waals surface area contributed by atoms with Gasteiger partial charge in [0, 0.05) is 31.8 Å². The normalized spacial score (nSPS) is 26.4. The van der Waals surface area contributed by atoms with Crippen molar-refractivity contribution in [3.8, 4) is 5.75 Å². The molecule has 0 unspecified atom stereocenters. The standard InChI is InChI=1S/C19H23N3O4/c1-12(17(24)20-13-6-7-13)22-11-10-19(9-8-16(22)23)21-18(25)14-4-2-3-5-15(14)26-19/h2-5,12-13H,6-11H2,1H3,(H,20,24)(H,21,25)/t12-,19+/m1/s1. The van der Waals surface area contributed by atoms with E-state index in [1.807, 2.05) is 6.07 Å². The molecule has 1 aromatic carbocycles. The smallest absolute Gasteiger partial charge is 0.258 e. The zero-order chi connectivity index (χ0) is 18.3. The average molecular weight is 357 g/mol. The van der Waals surface area contributed by atoms with Crippen molar-refractivity contribution in [2.75, 3.05) is 6.54 Å². The van der Waals surface area contributed by atoms with Gasteiger partial charge < -0.3 is 20.3 Å². The van der Waals surface area contributed by atoms with Crippen LogP contribution in [0.25, 0.3) is 0 Å². The lowest BCUT2D eigenvalue weighted by Crippen LogP contribution is -2.56. The Balaban J connectivity index is 1.49. The summed E-state index contributed by atoms with van der Waals surface area (Å²) in [6, 6.07) is 6.84. The molecule has 26 heavy (non-hydrogen) atoms. The van der Waals surface area contributed by atoms with Crippen molar-refractivity contribution in [1.82, 2.24) is 15.5 Å². The summed E-state index contributed by atoms with van der Waals surface area (Å²) in [6.07, 6.45) is 3.08. The van der Waals surface area contributed by atoms with Crippen LogP contribution in [-0.2, 0) is 9.59 Å². The Labute approximate surface area is 152 Å². The maximum atomic E-state index is 12.6. The van der Waals surface area contributed by atoms with Crippen molar-refractivity contribution < 1.29 is 19.1 Å². The molecule has 1 spiro atoms. The van der Waals surface area contributed by atoms with Crippen LogP contribution in [0.2, 0.25) is 0 Å². The van der Waals surface area contributed by atoms with Crippen LogP contribution in [0.1, 0.15) is 49.4 Å². The molecule has 2 fully saturated rings. The predicted molar refractivity (Wildman–Crippen MR) is 93.5 cm³/mol. The van der Waals surface area contributed by atoms with Crippen LogP contribution in [0, 0.1) is 0 Å². The van der Waals surface area contributed by atoms with E-state index in [4.69, 9.17) is 4.74 Å². The van der Waals surface area contributed by atoms with Gasteiger partial charge in [-0.05, 0) is 31.9 Å². The van der Waals surface area contributed by atoms with Gasteiger partial charge >= 0.3 is 0 Å². The van der Waals surface area contributed by atoms with Gasteiger partial charge in [0.25, 0.3) is 5.91 Å². The molecule has 2 atom stereocenters. The summed E-state index contributed by atoms with van der Waals surface area (Å²) in [6.45, 7) is 2.11. The summed E-state index contributed by atoms with van der Waals surface area (Å²) < 4.78 is 6.11. The Bertz CT molecular complexity index is 761. The molecule has 3 amide bonds. The fraction of sp³-hybridized carbons (Fsp3) is 0.526. The third kappa shape index (κ3) is 3.13. The lowest BCUT2D eigenvalue weighted by molar-refractivity contribution is -0.139. The number of hydrogen-bond acceptors (Lipinski definition) is 4. The molecule has 1 aliphatic carbocycles. The first-order chi connectivity index (χ1) is 12.5. The second kappa shape index (κ2) is 6.30. The van der Waals surface area contributed by atoms with Crippen LogP contribution in [0.4, 0.5) is 0 Å². The Hall–Kier alpha value is -2.57. The van der Waals surface area contributed by atoms with Gasteiger partial charge in [-0.15, -0.1) is 0 Å². The van der Waals surface area contributed by atoms with Crippen LogP contribution in [0.3, 0.4) is 0 Å². The van der Waals surface area contributed by atoms with E-state index < -0.39 is 11.8 Å². The van der Waals surface area contributed by atoms with E-state index in [1.165, 1.54) is 0 Å². The largest absolute Gasteiger partial charge is 0.467 e. The van der Waals surface area contributed by atoms with Gasteiger partial charge in [-0.3, -0.25) is 14.4 Å². The fourth-order valence-electron chi connectivity index (χ4n) is 3.58. The van der Waals surface area contributed by atoms with Gasteiger partial charge in [0.2, 0.25) is 11.8 Å². The van der Waals surface area contributed by atoms with Gasteiger partial charge in [-0.1, -0.05) is 12.1 Å². The van der Waals surface area contributed by atoms with Gasteiger partial charge in [0.05, 0.1) is 5.56 Å². The van der Waals surface area contributed by atoms with Crippen molar-refractivity contribution in [3.63, 3.8) is 0 Å². The number of carbonyl (C=O) groups excluding carboxylic acids is 3. The first-order valence-electron chi connectivity index (χ1n) is 9.18. The second-order valence-electron chi connectivity index (χ2n) is 7.34. The summed E-state index contributed by atoms with van der Waals surface area (Å²) in [5.74, 6) is 0.150. The van der Waals surface area contributed by atoms with Gasteiger partial charge in [0.15, 0.2) is 5.72 Å². The molecule has 2 N–H and O–H groups in total. The number of rotatable bonds is 3. The van der Waals surface area contributed by atoms with E-state index in [0.29, 0.717) is 30.7 Å². The monoisotopic (exact) mass is 357 g/mol. The summed E-state index contributed by atoms with van der Waals surface area (Å²) in [7, 11) is 0. The zero-order valence-electron chi connectivity index (χ0n) is 14.8. The molecular weight excluding hydrogens is 334 g/mol. The van der Waals surface area contributed by atoms with Crippen LogP contribution >= 0.6 is 0 Å². The number of nitrogens with one attached hydrogen (secondary N) is 2. The van der Waals surface area contributed by atoms with Crippen molar-refractivity contribution in [3.05, 3.63) is 29.8 Å². The molecular formula is C19H23N3O4. The Morgan fingerprint density at radius 3 is 2.85 bits per heavy atom. The molecule has 0 radical (unpaired) electrons. The van der Waals surface area contributed by atoms with E-state index in [1.54, 1.807) is 30.0 Å². The summed E-state index contributed by atoms with van der Waals surface area (Å²) in [5, 5.41) is 5.89. The lowest BCUT2D eigenvalue weighted by Gasteiger charge is -2.38. The topological polar surface area (TPSA) is 87.7 Å². The fourth-order valence-corrected chi connectivity index (χ4v) is 3.58. The number of carbonyl (C=O) groups is 3. The molecule has 1 aromatic rings. The molecule has 2 aliphatic heterocycles. The van der Waals surface area contributed by atoms with Crippen LogP contribution < -0.4 is 15.4 Å². The summed E-state index contributed by atoms with van der Waals surface area (Å²) >= 11 is 0. The maximum Gasteiger partial charge on any atom is 0.258 e. The van der Waals surface area contributed by atoms with E-state index in [9.17, 15) is 14.4 Å². The highest BCUT2D eigenvalue weighted by atomic mass is 16.5. The van der Waals surface area contributed by atoms with Crippen LogP contribution in [-0.4, -0.2) is 47.0 Å². The molecule has 7 heteroatoms. The minimum Gasteiger partial charge on any atom is -0.467 e. The second-order valence-corrected chi connectivity index (χ2v) is 7.34. The number of fused-ring (bicyclic) bond motifs is 1. The van der Waals surface area contributed by atoms with Gasteiger partial charge in [-0.25, -0.2) is 0 Å². The SMILES string of the molecule is C[C@H](C(=O)NC1CC1)N1CC[C@@]2(CCC1=O)NC(=O)c1ccccc1O2. The molecule has 0 aromatic heterocycles. The zero-order valence-corrected chi connectivity index (χ0v) is 14.8. The van der Waals surface area contributed by atoms with Crippen molar-refractivity contribution >= 4 is 17.7 Å². The molecule has 0 bridgehead atoms. The number of amides is 3. The highest BCUT2D eigenvalue weighted by Crippen LogP contribution is 2.34. The first-order valence-corrected chi connectivity index (χ1v) is 9.18. The minimum atomic E-state index is -0.900. The number of para-hydroxylation sites is 1. The molecule has 1 saturated carbocycles. The molecule has 1 saturated heterocycles. The van der Waals surface area contributed by atoms with Gasteiger partial charge in [0.1, 0.15) is 11.8 Å². The Morgan fingerprint density at radius 2 is 2.08 bits per heavy atom. The van der Waals surface area contributed by atoms with Gasteiger partial charge in [-0.2, -0.15) is 0 Å². The van der Waals surface area contributed by atoms with Crippen molar-refractivity contribution in [2.45, 2.75) is 56.8 Å². The maximum absolute atomic E-state index is 12.6. The molecule has 3 aliphatic rings. The minimum absolute atomic E-state index is 0.0861. The number of benzene rings is 1. The van der Waals surface area contributed by atoms with E-state index >= 15 is 0 Å². The molecule has 138 valence electrons. The number of nitrogens with zero attached hydrogens (tertiary/aromatic N) is 1. The van der Waals surface area contributed by atoms with Crippen LogP contribution in [0.15, 0.2) is 24.3 Å². The molecule has 2 heterocycles. The van der Waals surface area contributed by atoms with E-state index in [0.717, 1.165) is 12.8 Å². The molecule has 7 nitrogen and oxygen atoms in total. The summed E-state index contributed by atoms with van der Waals surface area (Å²) in [5.41, 5.74) is -0.398.